The Morgan fingerprint density at radius 2 is 2.07 bits per heavy atom. The number of fused-ring (bicyclic) bond motifs is 1. The summed E-state index contributed by atoms with van der Waals surface area (Å²) in [5.41, 5.74) is 6.01. The van der Waals surface area contributed by atoms with Crippen LogP contribution >= 0.6 is 0 Å². The summed E-state index contributed by atoms with van der Waals surface area (Å²) < 4.78 is 4.98. The minimum atomic E-state index is -0.611. The monoisotopic (exact) mass is 203 g/mol. The molecule has 15 heavy (non-hydrogen) atoms. The van der Waals surface area contributed by atoms with Gasteiger partial charge in [-0.15, -0.1) is 0 Å². The average molecular weight is 203 g/mol. The van der Waals surface area contributed by atoms with E-state index in [1.807, 2.05) is 0 Å². The molecular weight excluding hydrogens is 194 g/mol. The third kappa shape index (κ3) is 1.61. The number of ketones is 1. The molecule has 0 amide bonds. The SMILES string of the molecule is CC(=O)c1cc2cc(N)ccc2oc1=O. The molecule has 4 nitrogen and oxygen atoms in total. The summed E-state index contributed by atoms with van der Waals surface area (Å²) in [4.78, 5) is 22.4. The third-order valence-corrected chi connectivity index (χ3v) is 2.14. The van der Waals surface area contributed by atoms with Crippen LogP contribution in [0.4, 0.5) is 5.69 Å². The molecule has 0 radical (unpaired) electrons. The van der Waals surface area contributed by atoms with Crippen LogP contribution in [0.15, 0.2) is 33.5 Å². The standard InChI is InChI=1S/C11H9NO3/c1-6(13)9-5-7-4-8(12)2-3-10(7)15-11(9)14/h2-5H,12H2,1H3. The fraction of sp³-hybridized carbons (Fsp3) is 0.0909. The van der Waals surface area contributed by atoms with E-state index in [0.29, 0.717) is 16.7 Å². The van der Waals surface area contributed by atoms with Crippen LogP contribution in [0.2, 0.25) is 0 Å². The predicted octanol–water partition coefficient (Wildman–Crippen LogP) is 1.58. The molecule has 0 saturated heterocycles. The first-order chi connectivity index (χ1) is 7.08. The van der Waals surface area contributed by atoms with Crippen molar-refractivity contribution in [1.82, 2.24) is 0 Å². The van der Waals surface area contributed by atoms with Crippen molar-refractivity contribution in [3.63, 3.8) is 0 Å². The molecule has 76 valence electrons. The van der Waals surface area contributed by atoms with Gasteiger partial charge in [0.1, 0.15) is 11.1 Å². The van der Waals surface area contributed by atoms with Gasteiger partial charge < -0.3 is 10.2 Å². The minimum absolute atomic E-state index is 0.0492. The largest absolute Gasteiger partial charge is 0.422 e. The summed E-state index contributed by atoms with van der Waals surface area (Å²) in [5, 5.41) is 0.653. The lowest BCUT2D eigenvalue weighted by Gasteiger charge is -1.99. The number of anilines is 1. The van der Waals surface area contributed by atoms with Crippen LogP contribution in [0.1, 0.15) is 17.3 Å². The highest BCUT2D eigenvalue weighted by atomic mass is 16.4. The van der Waals surface area contributed by atoms with Crippen LogP contribution in [0.5, 0.6) is 0 Å². The van der Waals surface area contributed by atoms with E-state index in [9.17, 15) is 9.59 Å². The van der Waals surface area contributed by atoms with Crippen LogP contribution in [0.25, 0.3) is 11.0 Å². The molecule has 0 aliphatic heterocycles. The van der Waals surface area contributed by atoms with Gasteiger partial charge in [-0.25, -0.2) is 4.79 Å². The first-order valence-electron chi connectivity index (χ1n) is 4.42. The van der Waals surface area contributed by atoms with Crippen LogP contribution in [0.3, 0.4) is 0 Å². The topological polar surface area (TPSA) is 73.3 Å². The predicted molar refractivity (Wildman–Crippen MR) is 56.9 cm³/mol. The van der Waals surface area contributed by atoms with Crippen molar-refractivity contribution < 1.29 is 9.21 Å². The molecule has 0 aliphatic carbocycles. The summed E-state index contributed by atoms with van der Waals surface area (Å²) >= 11 is 0. The molecule has 0 unspecified atom stereocenters. The molecule has 0 bridgehead atoms. The molecule has 1 heterocycles. The Hall–Kier alpha value is -2.10. The van der Waals surface area contributed by atoms with E-state index in [1.54, 1.807) is 18.2 Å². The van der Waals surface area contributed by atoms with Gasteiger partial charge in [-0.1, -0.05) is 0 Å². The summed E-state index contributed by atoms with van der Waals surface area (Å²) in [6.45, 7) is 1.32. The highest BCUT2D eigenvalue weighted by molar-refractivity contribution is 5.96. The normalized spacial score (nSPS) is 10.5. The lowest BCUT2D eigenvalue weighted by atomic mass is 10.1. The van der Waals surface area contributed by atoms with Gasteiger partial charge in [0.15, 0.2) is 5.78 Å². The lowest BCUT2D eigenvalue weighted by Crippen LogP contribution is -2.10. The maximum atomic E-state index is 11.3. The second-order valence-corrected chi connectivity index (χ2v) is 3.30. The zero-order valence-electron chi connectivity index (χ0n) is 8.11. The highest BCUT2D eigenvalue weighted by Gasteiger charge is 2.08. The number of carbonyl (C=O) groups is 1. The van der Waals surface area contributed by atoms with Crippen molar-refractivity contribution in [1.29, 1.82) is 0 Å². The number of rotatable bonds is 1. The number of benzene rings is 1. The fourth-order valence-electron chi connectivity index (χ4n) is 1.39. The molecule has 0 atom stereocenters. The summed E-state index contributed by atoms with van der Waals surface area (Å²) in [6.07, 6.45) is 0. The van der Waals surface area contributed by atoms with Gasteiger partial charge in [0.2, 0.25) is 0 Å². The molecule has 1 aromatic carbocycles. The van der Waals surface area contributed by atoms with Crippen LogP contribution in [0, 0.1) is 0 Å². The van der Waals surface area contributed by atoms with Crippen molar-refractivity contribution in [2.24, 2.45) is 0 Å². The Labute approximate surface area is 85.3 Å². The third-order valence-electron chi connectivity index (χ3n) is 2.14. The first-order valence-corrected chi connectivity index (χ1v) is 4.42. The highest BCUT2D eigenvalue weighted by Crippen LogP contribution is 2.16. The molecule has 2 rings (SSSR count). The number of hydrogen-bond donors (Lipinski definition) is 1. The Kier molecular flexibility index (Phi) is 2.04. The summed E-state index contributed by atoms with van der Waals surface area (Å²) in [6, 6.07) is 6.40. The number of Topliss-reactive ketones (excluding diaryl/α,β-unsaturated/α-hetero) is 1. The Bertz CT molecular complexity index is 598. The van der Waals surface area contributed by atoms with Crippen LogP contribution in [-0.2, 0) is 0 Å². The van der Waals surface area contributed by atoms with Gasteiger partial charge in [0, 0.05) is 11.1 Å². The quantitative estimate of drug-likeness (QED) is 0.433. The number of nitrogens with two attached hydrogens (primary N) is 1. The van der Waals surface area contributed by atoms with Gasteiger partial charge in [-0.3, -0.25) is 4.79 Å². The van der Waals surface area contributed by atoms with E-state index >= 15 is 0 Å². The van der Waals surface area contributed by atoms with E-state index < -0.39 is 5.63 Å². The molecule has 2 N–H and O–H groups in total. The number of hydrogen-bond acceptors (Lipinski definition) is 4. The number of nitrogen functional groups attached to an aromatic ring is 1. The minimum Gasteiger partial charge on any atom is -0.422 e. The summed E-state index contributed by atoms with van der Waals surface area (Å²) in [5.74, 6) is -0.312. The Morgan fingerprint density at radius 3 is 2.73 bits per heavy atom. The lowest BCUT2D eigenvalue weighted by molar-refractivity contribution is 0.101. The molecular formula is C11H9NO3. The van der Waals surface area contributed by atoms with Crippen molar-refractivity contribution >= 4 is 22.4 Å². The molecule has 2 aromatic rings. The Morgan fingerprint density at radius 1 is 1.33 bits per heavy atom. The first kappa shape index (κ1) is 9.45. The molecule has 0 spiro atoms. The zero-order valence-corrected chi connectivity index (χ0v) is 8.11. The van der Waals surface area contributed by atoms with E-state index in [2.05, 4.69) is 0 Å². The van der Waals surface area contributed by atoms with Crippen LogP contribution in [-0.4, -0.2) is 5.78 Å². The van der Waals surface area contributed by atoms with Gasteiger partial charge >= 0.3 is 5.63 Å². The van der Waals surface area contributed by atoms with Gasteiger partial charge in [0.05, 0.1) is 0 Å². The van der Waals surface area contributed by atoms with Crippen molar-refractivity contribution in [2.75, 3.05) is 5.73 Å². The van der Waals surface area contributed by atoms with E-state index in [0.717, 1.165) is 0 Å². The van der Waals surface area contributed by atoms with Crippen molar-refractivity contribution in [3.8, 4) is 0 Å². The van der Waals surface area contributed by atoms with Gasteiger partial charge in [-0.2, -0.15) is 0 Å². The van der Waals surface area contributed by atoms with Crippen molar-refractivity contribution in [3.05, 3.63) is 40.2 Å². The molecule has 0 fully saturated rings. The number of carbonyl (C=O) groups excluding carboxylic acids is 1. The molecule has 4 heteroatoms. The zero-order chi connectivity index (χ0) is 11.0. The maximum Gasteiger partial charge on any atom is 0.347 e. The molecule has 0 aliphatic rings. The second-order valence-electron chi connectivity index (χ2n) is 3.30. The summed E-state index contributed by atoms with van der Waals surface area (Å²) in [7, 11) is 0. The second kappa shape index (κ2) is 3.24. The fourth-order valence-corrected chi connectivity index (χ4v) is 1.39. The maximum absolute atomic E-state index is 11.3. The van der Waals surface area contributed by atoms with Crippen LogP contribution < -0.4 is 11.4 Å². The van der Waals surface area contributed by atoms with E-state index in [-0.39, 0.29) is 11.3 Å². The smallest absolute Gasteiger partial charge is 0.347 e. The van der Waals surface area contributed by atoms with Crippen molar-refractivity contribution in [2.45, 2.75) is 6.92 Å². The van der Waals surface area contributed by atoms with Gasteiger partial charge in [-0.05, 0) is 31.2 Å². The van der Waals surface area contributed by atoms with E-state index in [1.165, 1.54) is 13.0 Å². The van der Waals surface area contributed by atoms with E-state index in [4.69, 9.17) is 10.2 Å². The van der Waals surface area contributed by atoms with Gasteiger partial charge in [0.25, 0.3) is 0 Å². The molecule has 0 saturated carbocycles. The average Bonchev–Trinajstić information content (AvgIpc) is 2.17. The molecule has 1 aromatic heterocycles. The Balaban J connectivity index is 2.83.